The van der Waals surface area contributed by atoms with Crippen LogP contribution in [0.4, 0.5) is 0 Å². The molecule has 3 aliphatic rings. The lowest BCUT2D eigenvalue weighted by molar-refractivity contribution is -0.0940. The van der Waals surface area contributed by atoms with E-state index in [4.69, 9.17) is 4.74 Å². The number of ether oxygens (including phenoxy) is 1. The zero-order valence-electron chi connectivity index (χ0n) is 12.0. The molecule has 2 aliphatic heterocycles. The molecule has 1 N–H and O–H groups in total. The lowest BCUT2D eigenvalue weighted by Crippen LogP contribution is -2.52. The molecule has 0 amide bonds. The zero-order valence-corrected chi connectivity index (χ0v) is 13.7. The van der Waals surface area contributed by atoms with Crippen molar-refractivity contribution in [2.75, 3.05) is 24.4 Å². The lowest BCUT2D eigenvalue weighted by Gasteiger charge is -2.44. The molecule has 1 aliphatic carbocycles. The van der Waals surface area contributed by atoms with Crippen molar-refractivity contribution in [3.63, 3.8) is 0 Å². The van der Waals surface area contributed by atoms with Gasteiger partial charge in [0.1, 0.15) is 0 Å². The van der Waals surface area contributed by atoms with Crippen LogP contribution in [0.3, 0.4) is 0 Å². The maximum Gasteiger partial charge on any atom is 0.0713 e. The predicted octanol–water partition coefficient (Wildman–Crippen LogP) is 3.30. The average molecular weight is 302 g/mol. The molecule has 0 aromatic carbocycles. The monoisotopic (exact) mass is 301 g/mol. The maximum absolute atomic E-state index is 6.20. The molecule has 0 aromatic rings. The van der Waals surface area contributed by atoms with Crippen LogP contribution in [-0.4, -0.2) is 47.3 Å². The summed E-state index contributed by atoms with van der Waals surface area (Å²) < 4.78 is 6.20. The standard InChI is InChI=1S/C15H27NOS2/c1-18-14-4-2-3-13(14)16-12-5-8-17-15(11-12)6-9-19-10-7-15/h12-14,16H,2-11H2,1H3. The molecule has 1 saturated carbocycles. The zero-order chi connectivity index (χ0) is 13.1. The Bertz CT molecular complexity index is 288. The fourth-order valence-corrected chi connectivity index (χ4v) is 6.15. The van der Waals surface area contributed by atoms with Crippen molar-refractivity contribution in [1.29, 1.82) is 0 Å². The SMILES string of the molecule is CSC1CCCC1NC1CCOC2(CCSCC2)C1. The van der Waals surface area contributed by atoms with E-state index in [1.807, 2.05) is 0 Å². The summed E-state index contributed by atoms with van der Waals surface area (Å²) in [6.07, 6.45) is 11.5. The first-order valence-electron chi connectivity index (χ1n) is 7.82. The van der Waals surface area contributed by atoms with Gasteiger partial charge in [0, 0.05) is 23.9 Å². The Morgan fingerprint density at radius 1 is 1.21 bits per heavy atom. The van der Waals surface area contributed by atoms with Crippen LogP contribution >= 0.6 is 23.5 Å². The Hall–Kier alpha value is 0.620. The maximum atomic E-state index is 6.20. The third-order valence-electron chi connectivity index (χ3n) is 5.10. The summed E-state index contributed by atoms with van der Waals surface area (Å²) in [7, 11) is 0. The highest BCUT2D eigenvalue weighted by Gasteiger charge is 2.40. The minimum absolute atomic E-state index is 0.231. The number of nitrogens with one attached hydrogen (secondary N) is 1. The quantitative estimate of drug-likeness (QED) is 0.863. The van der Waals surface area contributed by atoms with E-state index in [9.17, 15) is 0 Å². The van der Waals surface area contributed by atoms with E-state index in [0.717, 1.165) is 17.9 Å². The molecular weight excluding hydrogens is 274 g/mol. The van der Waals surface area contributed by atoms with Crippen molar-refractivity contribution in [2.24, 2.45) is 0 Å². The molecule has 2 nitrogen and oxygen atoms in total. The van der Waals surface area contributed by atoms with Gasteiger partial charge in [0.25, 0.3) is 0 Å². The van der Waals surface area contributed by atoms with E-state index >= 15 is 0 Å². The fourth-order valence-electron chi connectivity index (χ4n) is 3.96. The second kappa shape index (κ2) is 6.59. The average Bonchev–Trinajstić information content (AvgIpc) is 2.87. The Labute approximate surface area is 126 Å². The van der Waals surface area contributed by atoms with Crippen molar-refractivity contribution < 1.29 is 4.74 Å². The third kappa shape index (κ3) is 3.45. The third-order valence-corrected chi connectivity index (χ3v) is 7.26. The Morgan fingerprint density at radius 3 is 2.84 bits per heavy atom. The van der Waals surface area contributed by atoms with Crippen LogP contribution in [-0.2, 0) is 4.74 Å². The molecule has 2 saturated heterocycles. The van der Waals surface area contributed by atoms with Gasteiger partial charge in [-0.3, -0.25) is 0 Å². The van der Waals surface area contributed by atoms with Crippen LogP contribution in [0.25, 0.3) is 0 Å². The molecule has 3 rings (SSSR count). The van der Waals surface area contributed by atoms with Crippen LogP contribution < -0.4 is 5.32 Å². The summed E-state index contributed by atoms with van der Waals surface area (Å²) in [5.74, 6) is 2.59. The van der Waals surface area contributed by atoms with Gasteiger partial charge in [-0.05, 0) is 56.3 Å². The van der Waals surface area contributed by atoms with E-state index in [-0.39, 0.29) is 5.60 Å². The van der Waals surface area contributed by atoms with Gasteiger partial charge >= 0.3 is 0 Å². The van der Waals surface area contributed by atoms with Gasteiger partial charge in [-0.1, -0.05) is 6.42 Å². The van der Waals surface area contributed by atoms with Crippen LogP contribution in [0.2, 0.25) is 0 Å². The Morgan fingerprint density at radius 2 is 2.05 bits per heavy atom. The minimum atomic E-state index is 0.231. The summed E-state index contributed by atoms with van der Waals surface area (Å²) in [6, 6.07) is 1.46. The van der Waals surface area contributed by atoms with Crippen molar-refractivity contribution in [3.05, 3.63) is 0 Å². The van der Waals surface area contributed by atoms with E-state index in [1.54, 1.807) is 0 Å². The van der Waals surface area contributed by atoms with Crippen molar-refractivity contribution in [1.82, 2.24) is 5.32 Å². The smallest absolute Gasteiger partial charge is 0.0713 e. The van der Waals surface area contributed by atoms with E-state index in [2.05, 4.69) is 35.1 Å². The van der Waals surface area contributed by atoms with Crippen LogP contribution in [0, 0.1) is 0 Å². The van der Waals surface area contributed by atoms with Gasteiger partial charge in [0.15, 0.2) is 0 Å². The summed E-state index contributed by atoms with van der Waals surface area (Å²) in [4.78, 5) is 0. The lowest BCUT2D eigenvalue weighted by atomic mass is 9.85. The van der Waals surface area contributed by atoms with Crippen molar-refractivity contribution >= 4 is 23.5 Å². The Balaban J connectivity index is 1.56. The van der Waals surface area contributed by atoms with Gasteiger partial charge < -0.3 is 10.1 Å². The number of hydrogen-bond donors (Lipinski definition) is 1. The first kappa shape index (κ1) is 14.6. The van der Waals surface area contributed by atoms with Gasteiger partial charge in [0.2, 0.25) is 0 Å². The molecule has 1 spiro atoms. The normalized spacial score (nSPS) is 38.7. The predicted molar refractivity (Wildman–Crippen MR) is 86.3 cm³/mol. The summed E-state index contributed by atoms with van der Waals surface area (Å²) >= 11 is 4.16. The largest absolute Gasteiger partial charge is 0.375 e. The molecule has 19 heavy (non-hydrogen) atoms. The second-order valence-electron chi connectivity index (χ2n) is 6.31. The molecule has 3 atom stereocenters. The highest BCUT2D eigenvalue weighted by molar-refractivity contribution is 7.99. The second-order valence-corrected chi connectivity index (χ2v) is 8.61. The van der Waals surface area contributed by atoms with E-state index < -0.39 is 0 Å². The topological polar surface area (TPSA) is 21.3 Å². The minimum Gasteiger partial charge on any atom is -0.375 e. The summed E-state index contributed by atoms with van der Waals surface area (Å²) in [5.41, 5.74) is 0.231. The summed E-state index contributed by atoms with van der Waals surface area (Å²) in [5, 5.41) is 4.83. The van der Waals surface area contributed by atoms with Gasteiger partial charge in [-0.25, -0.2) is 0 Å². The molecule has 0 bridgehead atoms. The number of thioether (sulfide) groups is 2. The molecule has 3 unspecified atom stereocenters. The van der Waals surface area contributed by atoms with Crippen LogP contribution in [0.1, 0.15) is 44.9 Å². The Kier molecular flexibility index (Phi) is 5.05. The molecule has 0 aromatic heterocycles. The van der Waals surface area contributed by atoms with Gasteiger partial charge in [-0.15, -0.1) is 0 Å². The number of hydrogen-bond acceptors (Lipinski definition) is 4. The van der Waals surface area contributed by atoms with Crippen molar-refractivity contribution in [3.8, 4) is 0 Å². The van der Waals surface area contributed by atoms with E-state index in [0.29, 0.717) is 6.04 Å². The first-order valence-corrected chi connectivity index (χ1v) is 10.3. The first-order chi connectivity index (χ1) is 9.31. The van der Waals surface area contributed by atoms with Gasteiger partial charge in [0.05, 0.1) is 5.60 Å². The molecular formula is C15H27NOS2. The molecule has 110 valence electrons. The highest BCUT2D eigenvalue weighted by atomic mass is 32.2. The highest BCUT2D eigenvalue weighted by Crippen LogP contribution is 2.38. The fraction of sp³-hybridized carbons (Fsp3) is 1.00. The van der Waals surface area contributed by atoms with Crippen molar-refractivity contribution in [2.45, 2.75) is 67.9 Å². The van der Waals surface area contributed by atoms with E-state index in [1.165, 1.54) is 56.5 Å². The molecule has 2 heterocycles. The number of rotatable bonds is 3. The summed E-state index contributed by atoms with van der Waals surface area (Å²) in [6.45, 7) is 0.971. The van der Waals surface area contributed by atoms with Crippen LogP contribution in [0.15, 0.2) is 0 Å². The molecule has 4 heteroatoms. The van der Waals surface area contributed by atoms with Crippen LogP contribution in [0.5, 0.6) is 0 Å². The molecule has 3 fully saturated rings. The molecule has 0 radical (unpaired) electrons. The van der Waals surface area contributed by atoms with Gasteiger partial charge in [-0.2, -0.15) is 23.5 Å².